The predicted molar refractivity (Wildman–Crippen MR) is 67.0 cm³/mol. The average molecular weight is 259 g/mol. The Balaban J connectivity index is 1.96. The second kappa shape index (κ2) is 6.30. The molecule has 4 atom stereocenters. The lowest BCUT2D eigenvalue weighted by Gasteiger charge is -2.44. The fourth-order valence-corrected chi connectivity index (χ4v) is 3.29. The molecule has 2 fully saturated rings. The van der Waals surface area contributed by atoms with Crippen molar-refractivity contribution in [1.29, 1.82) is 0 Å². The molecule has 0 amide bonds. The van der Waals surface area contributed by atoms with Gasteiger partial charge in [0, 0.05) is 13.1 Å². The molecule has 0 unspecified atom stereocenters. The van der Waals surface area contributed by atoms with Crippen molar-refractivity contribution in [2.45, 2.75) is 56.5 Å². The first kappa shape index (κ1) is 14.2. The molecule has 0 radical (unpaired) electrons. The van der Waals surface area contributed by atoms with Crippen molar-refractivity contribution in [2.75, 3.05) is 19.7 Å². The molecular formula is C13H25NO4. The molecule has 0 aromatic rings. The van der Waals surface area contributed by atoms with Crippen molar-refractivity contribution in [2.24, 2.45) is 5.92 Å². The van der Waals surface area contributed by atoms with Crippen molar-refractivity contribution >= 4 is 0 Å². The summed E-state index contributed by atoms with van der Waals surface area (Å²) in [4.78, 5) is 1.94. The standard InChI is InChI=1S/C13H25NO4/c15-8-10-12(17)13(18)11(16)7-14(10)6-9-4-2-1-3-5-9/h9-13,15-18H,1-8H2/t10-,11-,12+,13+/m0/s1. The van der Waals surface area contributed by atoms with E-state index in [1.165, 1.54) is 32.1 Å². The van der Waals surface area contributed by atoms with E-state index in [1.807, 2.05) is 4.90 Å². The van der Waals surface area contributed by atoms with Crippen molar-refractivity contribution < 1.29 is 20.4 Å². The number of β-amino-alcohol motifs (C(OH)–C–C–N with tert-alkyl or cyclic N) is 1. The van der Waals surface area contributed by atoms with E-state index >= 15 is 0 Å². The molecule has 18 heavy (non-hydrogen) atoms. The van der Waals surface area contributed by atoms with Crippen LogP contribution < -0.4 is 0 Å². The number of likely N-dealkylation sites (tertiary alicyclic amines) is 1. The van der Waals surface area contributed by atoms with Crippen LogP contribution in [0, 0.1) is 5.92 Å². The monoisotopic (exact) mass is 259 g/mol. The van der Waals surface area contributed by atoms with Gasteiger partial charge in [0.25, 0.3) is 0 Å². The van der Waals surface area contributed by atoms with E-state index in [0.717, 1.165) is 6.54 Å². The number of nitrogens with zero attached hydrogens (tertiary/aromatic N) is 1. The Labute approximate surface area is 108 Å². The maximum Gasteiger partial charge on any atom is 0.109 e. The molecule has 1 saturated carbocycles. The highest BCUT2D eigenvalue weighted by atomic mass is 16.4. The van der Waals surface area contributed by atoms with Gasteiger partial charge in [-0.15, -0.1) is 0 Å². The summed E-state index contributed by atoms with van der Waals surface area (Å²) in [5.74, 6) is 0.586. The fraction of sp³-hybridized carbons (Fsp3) is 1.00. The van der Waals surface area contributed by atoms with E-state index in [0.29, 0.717) is 12.5 Å². The van der Waals surface area contributed by atoms with Crippen molar-refractivity contribution in [3.05, 3.63) is 0 Å². The van der Waals surface area contributed by atoms with Gasteiger partial charge in [0.05, 0.1) is 18.8 Å². The Morgan fingerprint density at radius 2 is 1.61 bits per heavy atom. The molecule has 5 heteroatoms. The van der Waals surface area contributed by atoms with Gasteiger partial charge in [-0.2, -0.15) is 0 Å². The van der Waals surface area contributed by atoms with Gasteiger partial charge in [-0.05, 0) is 18.8 Å². The summed E-state index contributed by atoms with van der Waals surface area (Å²) in [5.41, 5.74) is 0. The first-order valence-electron chi connectivity index (χ1n) is 7.02. The normalized spacial score (nSPS) is 40.0. The lowest BCUT2D eigenvalue weighted by atomic mass is 9.86. The average Bonchev–Trinajstić information content (AvgIpc) is 2.38. The predicted octanol–water partition coefficient (Wildman–Crippen LogP) is -0.674. The zero-order valence-corrected chi connectivity index (χ0v) is 10.8. The SMILES string of the molecule is OC[C@H]1[C@@H](O)[C@H](O)[C@@H](O)CN1CC1CCCCC1. The Morgan fingerprint density at radius 3 is 2.22 bits per heavy atom. The number of rotatable bonds is 3. The largest absolute Gasteiger partial charge is 0.395 e. The molecule has 5 nitrogen and oxygen atoms in total. The van der Waals surface area contributed by atoms with E-state index in [2.05, 4.69) is 0 Å². The van der Waals surface area contributed by atoms with Crippen LogP contribution in [0.2, 0.25) is 0 Å². The number of aliphatic hydroxyl groups is 4. The molecule has 1 saturated heterocycles. The zero-order valence-electron chi connectivity index (χ0n) is 10.8. The molecule has 0 aromatic carbocycles. The zero-order chi connectivity index (χ0) is 13.1. The third-order valence-electron chi connectivity index (χ3n) is 4.43. The minimum absolute atomic E-state index is 0.183. The number of hydrogen-bond donors (Lipinski definition) is 4. The number of aliphatic hydroxyl groups excluding tert-OH is 4. The summed E-state index contributed by atoms with van der Waals surface area (Å²) in [5, 5.41) is 38.6. The highest BCUT2D eigenvalue weighted by Crippen LogP contribution is 2.27. The van der Waals surface area contributed by atoms with Crippen molar-refractivity contribution in [3.8, 4) is 0 Å². The summed E-state index contributed by atoms with van der Waals surface area (Å²) in [7, 11) is 0. The maximum atomic E-state index is 9.90. The fourth-order valence-electron chi connectivity index (χ4n) is 3.29. The minimum atomic E-state index is -1.15. The van der Waals surface area contributed by atoms with Crippen LogP contribution in [0.4, 0.5) is 0 Å². The van der Waals surface area contributed by atoms with Crippen LogP contribution in [0.15, 0.2) is 0 Å². The van der Waals surface area contributed by atoms with E-state index in [-0.39, 0.29) is 6.61 Å². The van der Waals surface area contributed by atoms with Gasteiger partial charge >= 0.3 is 0 Å². The second-order valence-corrected chi connectivity index (χ2v) is 5.76. The topological polar surface area (TPSA) is 84.2 Å². The van der Waals surface area contributed by atoms with Crippen LogP contribution in [0.25, 0.3) is 0 Å². The number of hydrogen-bond acceptors (Lipinski definition) is 5. The quantitative estimate of drug-likeness (QED) is 0.540. The summed E-state index contributed by atoms with van der Waals surface area (Å²) in [6.07, 6.45) is 3.02. The summed E-state index contributed by atoms with van der Waals surface area (Å²) >= 11 is 0. The lowest BCUT2D eigenvalue weighted by Crippen LogP contribution is -2.63. The lowest BCUT2D eigenvalue weighted by molar-refractivity contribution is -0.147. The van der Waals surface area contributed by atoms with Gasteiger partial charge in [-0.1, -0.05) is 19.3 Å². The van der Waals surface area contributed by atoms with Crippen LogP contribution in [-0.2, 0) is 0 Å². The van der Waals surface area contributed by atoms with Gasteiger partial charge in [-0.3, -0.25) is 4.90 Å². The van der Waals surface area contributed by atoms with Crippen molar-refractivity contribution in [1.82, 2.24) is 4.90 Å². The summed E-state index contributed by atoms with van der Waals surface area (Å²) in [6, 6.07) is -0.453. The molecule has 0 aromatic heterocycles. The molecule has 2 rings (SSSR count). The smallest absolute Gasteiger partial charge is 0.109 e. The van der Waals surface area contributed by atoms with Crippen LogP contribution in [-0.4, -0.2) is 69.4 Å². The minimum Gasteiger partial charge on any atom is -0.395 e. The van der Waals surface area contributed by atoms with Crippen molar-refractivity contribution in [3.63, 3.8) is 0 Å². The molecule has 106 valence electrons. The molecule has 1 aliphatic heterocycles. The first-order valence-corrected chi connectivity index (χ1v) is 7.02. The van der Waals surface area contributed by atoms with Gasteiger partial charge < -0.3 is 20.4 Å². The number of piperidine rings is 1. The van der Waals surface area contributed by atoms with Crippen LogP contribution >= 0.6 is 0 Å². The third-order valence-corrected chi connectivity index (χ3v) is 4.43. The third kappa shape index (κ3) is 3.03. The highest BCUT2D eigenvalue weighted by Gasteiger charge is 2.41. The molecule has 4 N–H and O–H groups in total. The second-order valence-electron chi connectivity index (χ2n) is 5.76. The highest BCUT2D eigenvalue weighted by molar-refractivity contribution is 4.94. The molecule has 0 bridgehead atoms. The Bertz CT molecular complexity index is 257. The molecule has 0 spiro atoms. The van der Waals surface area contributed by atoms with Gasteiger partial charge in [-0.25, -0.2) is 0 Å². The Hall–Kier alpha value is -0.200. The molecule has 1 aliphatic carbocycles. The van der Waals surface area contributed by atoms with Crippen LogP contribution in [0.3, 0.4) is 0 Å². The summed E-state index contributed by atoms with van der Waals surface area (Å²) in [6.45, 7) is 0.948. The van der Waals surface area contributed by atoms with E-state index in [9.17, 15) is 20.4 Å². The molecular weight excluding hydrogens is 234 g/mol. The van der Waals surface area contributed by atoms with E-state index in [4.69, 9.17) is 0 Å². The Kier molecular flexibility index (Phi) is 4.98. The van der Waals surface area contributed by atoms with Gasteiger partial charge in [0.1, 0.15) is 12.2 Å². The van der Waals surface area contributed by atoms with Gasteiger partial charge in [0.2, 0.25) is 0 Å². The summed E-state index contributed by atoms with van der Waals surface area (Å²) < 4.78 is 0. The van der Waals surface area contributed by atoms with E-state index < -0.39 is 24.4 Å². The Morgan fingerprint density at radius 1 is 0.944 bits per heavy atom. The molecule has 1 heterocycles. The van der Waals surface area contributed by atoms with Gasteiger partial charge in [0.15, 0.2) is 0 Å². The van der Waals surface area contributed by atoms with Crippen LogP contribution in [0.1, 0.15) is 32.1 Å². The van der Waals surface area contributed by atoms with E-state index in [1.54, 1.807) is 0 Å². The van der Waals surface area contributed by atoms with Crippen LogP contribution in [0.5, 0.6) is 0 Å². The maximum absolute atomic E-state index is 9.90. The first-order chi connectivity index (χ1) is 8.63. The molecule has 2 aliphatic rings.